The summed E-state index contributed by atoms with van der Waals surface area (Å²) in [4.78, 5) is 4.72. The predicted octanol–water partition coefficient (Wildman–Crippen LogP) is 3.99. The van der Waals surface area contributed by atoms with Gasteiger partial charge in [0.05, 0.1) is 5.69 Å². The molecule has 0 amide bonds. The fourth-order valence-electron chi connectivity index (χ4n) is 2.25. The Bertz CT molecular complexity index is 332. The van der Waals surface area contributed by atoms with E-state index in [0.717, 1.165) is 17.5 Å². The van der Waals surface area contributed by atoms with E-state index in [0.29, 0.717) is 6.04 Å². The van der Waals surface area contributed by atoms with Crippen LogP contribution in [-0.2, 0) is 5.75 Å². The average Bonchev–Trinajstić information content (AvgIpc) is 2.98. The van der Waals surface area contributed by atoms with E-state index in [4.69, 9.17) is 4.98 Å². The van der Waals surface area contributed by atoms with Crippen molar-refractivity contribution >= 4 is 23.1 Å². The van der Waals surface area contributed by atoms with E-state index in [1.807, 2.05) is 11.3 Å². The maximum atomic E-state index is 4.72. The normalized spacial score (nSPS) is 18.7. The first kappa shape index (κ1) is 13.4. The van der Waals surface area contributed by atoms with E-state index < -0.39 is 0 Å². The van der Waals surface area contributed by atoms with Crippen molar-refractivity contribution in [2.75, 3.05) is 6.54 Å². The highest BCUT2D eigenvalue weighted by molar-refractivity contribution is 7.99. The Morgan fingerprint density at radius 3 is 3.00 bits per heavy atom. The van der Waals surface area contributed by atoms with E-state index in [1.54, 1.807) is 0 Å². The third-order valence-corrected chi connectivity index (χ3v) is 5.70. The lowest BCUT2D eigenvalue weighted by atomic mass is 10.2. The Morgan fingerprint density at radius 2 is 2.29 bits per heavy atom. The summed E-state index contributed by atoms with van der Waals surface area (Å²) in [5.41, 5.74) is 1.21. The standard InChI is InChI=1S/C13H22N2S2/c1-3-14-10(2)12-8-17-13(15-12)9-16-11-6-4-5-7-11/h8,10-11,14H,3-7,9H2,1-2H3. The minimum atomic E-state index is 0.390. The van der Waals surface area contributed by atoms with Gasteiger partial charge in [0.25, 0.3) is 0 Å². The fourth-order valence-corrected chi connectivity index (χ4v) is 4.50. The Balaban J connectivity index is 1.80. The van der Waals surface area contributed by atoms with Gasteiger partial charge in [-0.1, -0.05) is 19.8 Å². The third-order valence-electron chi connectivity index (χ3n) is 3.27. The molecule has 2 rings (SSSR count). The zero-order chi connectivity index (χ0) is 12.1. The first-order valence-electron chi connectivity index (χ1n) is 6.59. The van der Waals surface area contributed by atoms with Gasteiger partial charge in [-0.2, -0.15) is 11.8 Å². The van der Waals surface area contributed by atoms with E-state index in [9.17, 15) is 0 Å². The van der Waals surface area contributed by atoms with Gasteiger partial charge in [0.1, 0.15) is 5.01 Å². The molecule has 0 bridgehead atoms. The molecular formula is C13H22N2S2. The van der Waals surface area contributed by atoms with Crippen LogP contribution < -0.4 is 5.32 Å². The SMILES string of the molecule is CCNC(C)c1csc(CSC2CCCC2)n1. The van der Waals surface area contributed by atoms with Crippen LogP contribution in [0.4, 0.5) is 0 Å². The average molecular weight is 270 g/mol. The van der Waals surface area contributed by atoms with Crippen molar-refractivity contribution in [2.24, 2.45) is 0 Å². The molecule has 17 heavy (non-hydrogen) atoms. The van der Waals surface area contributed by atoms with Crippen LogP contribution in [0, 0.1) is 0 Å². The first-order valence-corrected chi connectivity index (χ1v) is 8.51. The van der Waals surface area contributed by atoms with Crippen molar-refractivity contribution in [1.29, 1.82) is 0 Å². The van der Waals surface area contributed by atoms with Crippen molar-refractivity contribution in [3.05, 3.63) is 16.1 Å². The highest BCUT2D eigenvalue weighted by atomic mass is 32.2. The minimum Gasteiger partial charge on any atom is -0.309 e. The number of thiazole rings is 1. The molecule has 0 aromatic carbocycles. The topological polar surface area (TPSA) is 24.9 Å². The summed E-state index contributed by atoms with van der Waals surface area (Å²) in [5, 5.41) is 7.81. The Hall–Kier alpha value is -0.0600. The molecular weight excluding hydrogens is 248 g/mol. The molecule has 1 aromatic rings. The second-order valence-corrected chi connectivity index (χ2v) is 6.89. The Morgan fingerprint density at radius 1 is 1.53 bits per heavy atom. The summed E-state index contributed by atoms with van der Waals surface area (Å²) >= 11 is 3.92. The van der Waals surface area contributed by atoms with Crippen LogP contribution in [0.3, 0.4) is 0 Å². The molecule has 1 atom stereocenters. The molecule has 1 saturated carbocycles. The van der Waals surface area contributed by atoms with Crippen LogP contribution in [0.5, 0.6) is 0 Å². The first-order chi connectivity index (χ1) is 8.29. The lowest BCUT2D eigenvalue weighted by molar-refractivity contribution is 0.585. The summed E-state index contributed by atoms with van der Waals surface area (Å²) in [5.74, 6) is 1.11. The highest BCUT2D eigenvalue weighted by Crippen LogP contribution is 2.32. The second-order valence-electron chi connectivity index (χ2n) is 4.66. The summed E-state index contributed by atoms with van der Waals surface area (Å²) < 4.78 is 0. The van der Waals surface area contributed by atoms with Gasteiger partial charge in [0.2, 0.25) is 0 Å². The maximum absolute atomic E-state index is 4.72. The molecule has 1 aromatic heterocycles. The number of thioether (sulfide) groups is 1. The van der Waals surface area contributed by atoms with Crippen molar-refractivity contribution in [1.82, 2.24) is 10.3 Å². The number of hydrogen-bond donors (Lipinski definition) is 1. The lowest BCUT2D eigenvalue weighted by Gasteiger charge is -2.08. The second kappa shape index (κ2) is 6.76. The molecule has 1 heterocycles. The van der Waals surface area contributed by atoms with Crippen molar-refractivity contribution in [3.8, 4) is 0 Å². The molecule has 1 aliphatic rings. The number of rotatable bonds is 6. The zero-order valence-electron chi connectivity index (χ0n) is 10.7. The van der Waals surface area contributed by atoms with Gasteiger partial charge >= 0.3 is 0 Å². The largest absolute Gasteiger partial charge is 0.309 e. The van der Waals surface area contributed by atoms with Crippen molar-refractivity contribution in [2.45, 2.75) is 56.6 Å². The number of nitrogens with one attached hydrogen (secondary N) is 1. The van der Waals surface area contributed by atoms with E-state index >= 15 is 0 Å². The molecule has 0 radical (unpaired) electrons. The summed E-state index contributed by atoms with van der Waals surface area (Å²) in [7, 11) is 0. The molecule has 2 nitrogen and oxygen atoms in total. The molecule has 1 unspecified atom stereocenters. The Labute approximate surface area is 113 Å². The van der Waals surface area contributed by atoms with E-state index in [1.165, 1.54) is 36.4 Å². The monoisotopic (exact) mass is 270 g/mol. The van der Waals surface area contributed by atoms with Gasteiger partial charge < -0.3 is 5.32 Å². The summed E-state index contributed by atoms with van der Waals surface area (Å²) in [6.45, 7) is 5.33. The van der Waals surface area contributed by atoms with Gasteiger partial charge in [-0.25, -0.2) is 4.98 Å². The van der Waals surface area contributed by atoms with E-state index in [-0.39, 0.29) is 0 Å². The quantitative estimate of drug-likeness (QED) is 0.846. The molecule has 0 aliphatic heterocycles. The highest BCUT2D eigenvalue weighted by Gasteiger charge is 2.16. The molecule has 96 valence electrons. The number of aromatic nitrogens is 1. The molecule has 0 spiro atoms. The summed E-state index contributed by atoms with van der Waals surface area (Å²) in [6, 6.07) is 0.390. The van der Waals surface area contributed by atoms with Gasteiger partial charge in [0.15, 0.2) is 0 Å². The lowest BCUT2D eigenvalue weighted by Crippen LogP contribution is -2.17. The van der Waals surface area contributed by atoms with Crippen LogP contribution in [-0.4, -0.2) is 16.8 Å². The summed E-state index contributed by atoms with van der Waals surface area (Å²) in [6.07, 6.45) is 5.68. The molecule has 4 heteroatoms. The van der Waals surface area contributed by atoms with Gasteiger partial charge in [0, 0.05) is 22.4 Å². The van der Waals surface area contributed by atoms with Crippen molar-refractivity contribution < 1.29 is 0 Å². The van der Waals surface area contributed by atoms with Crippen LogP contribution in [0.15, 0.2) is 5.38 Å². The van der Waals surface area contributed by atoms with Crippen LogP contribution in [0.2, 0.25) is 0 Å². The molecule has 1 aliphatic carbocycles. The minimum absolute atomic E-state index is 0.390. The molecule has 0 saturated heterocycles. The Kier molecular flexibility index (Phi) is 5.32. The number of nitrogens with zero attached hydrogens (tertiary/aromatic N) is 1. The van der Waals surface area contributed by atoms with Crippen LogP contribution in [0.1, 0.15) is 56.3 Å². The predicted molar refractivity (Wildman–Crippen MR) is 77.8 cm³/mol. The van der Waals surface area contributed by atoms with Crippen LogP contribution in [0.25, 0.3) is 0 Å². The van der Waals surface area contributed by atoms with E-state index in [2.05, 4.69) is 36.3 Å². The third kappa shape index (κ3) is 3.97. The fraction of sp³-hybridized carbons (Fsp3) is 0.769. The molecule has 1 fully saturated rings. The van der Waals surface area contributed by atoms with Crippen LogP contribution >= 0.6 is 23.1 Å². The van der Waals surface area contributed by atoms with Crippen molar-refractivity contribution in [3.63, 3.8) is 0 Å². The van der Waals surface area contributed by atoms with Gasteiger partial charge in [-0.05, 0) is 26.3 Å². The zero-order valence-corrected chi connectivity index (χ0v) is 12.4. The van der Waals surface area contributed by atoms with Gasteiger partial charge in [-0.15, -0.1) is 11.3 Å². The number of hydrogen-bond acceptors (Lipinski definition) is 4. The van der Waals surface area contributed by atoms with Gasteiger partial charge in [-0.3, -0.25) is 0 Å². The maximum Gasteiger partial charge on any atom is 0.103 e. The molecule has 1 N–H and O–H groups in total. The smallest absolute Gasteiger partial charge is 0.103 e.